The van der Waals surface area contributed by atoms with Crippen LogP contribution in [0.25, 0.3) is 0 Å². The van der Waals surface area contributed by atoms with E-state index in [0.29, 0.717) is 5.75 Å². The number of unbranched alkanes of at least 4 members (excludes halogenated alkanes) is 2. The minimum absolute atomic E-state index is 0.231. The summed E-state index contributed by atoms with van der Waals surface area (Å²) in [6, 6.07) is 5.68. The molecule has 3 rings (SSSR count). The Hall–Kier alpha value is -1.63. The fourth-order valence-electron chi connectivity index (χ4n) is 3.33. The summed E-state index contributed by atoms with van der Waals surface area (Å²) in [4.78, 5) is 7.46. The highest BCUT2D eigenvalue weighted by atomic mass is 16.6. The summed E-state index contributed by atoms with van der Waals surface area (Å²) < 4.78 is 16.4. The summed E-state index contributed by atoms with van der Waals surface area (Å²) in [5.41, 5.74) is 0.950. The van der Waals surface area contributed by atoms with Gasteiger partial charge in [0.15, 0.2) is 5.75 Å². The van der Waals surface area contributed by atoms with Crippen molar-refractivity contribution in [2.45, 2.75) is 106 Å². The Balaban J connectivity index is 0. The summed E-state index contributed by atoms with van der Waals surface area (Å²) in [5.74, 6) is 2.35. The van der Waals surface area contributed by atoms with Gasteiger partial charge in [0.2, 0.25) is 0 Å². The summed E-state index contributed by atoms with van der Waals surface area (Å²) in [7, 11) is 3.97. The third-order valence-electron chi connectivity index (χ3n) is 6.10. The fraction of sp³-hybridized carbons (Fsp3) is 0.774. The molecule has 0 radical (unpaired) electrons. The molecular weight excluding hydrogens is 464 g/mol. The van der Waals surface area contributed by atoms with Crippen LogP contribution in [0.4, 0.5) is 0 Å². The molecule has 0 aliphatic carbocycles. The van der Waals surface area contributed by atoms with E-state index in [0.717, 1.165) is 49.9 Å². The molecule has 0 spiro atoms. The smallest absolute Gasteiger partial charge is 0.164 e. The van der Waals surface area contributed by atoms with Gasteiger partial charge in [-0.15, -0.1) is 0 Å². The summed E-state index contributed by atoms with van der Waals surface area (Å²) >= 11 is 0. The van der Waals surface area contributed by atoms with Crippen molar-refractivity contribution in [3.63, 3.8) is 0 Å². The molecule has 2 saturated heterocycles. The number of oxime groups is 1. The molecule has 6 heteroatoms. The molecule has 2 aliphatic rings. The van der Waals surface area contributed by atoms with Crippen LogP contribution in [-0.2, 0) is 9.47 Å². The number of ether oxygens (including phenoxy) is 3. The quantitative estimate of drug-likeness (QED) is 0.254. The third kappa shape index (κ3) is 20.1. The van der Waals surface area contributed by atoms with Crippen molar-refractivity contribution in [3.8, 4) is 11.5 Å². The van der Waals surface area contributed by atoms with E-state index in [1.54, 1.807) is 7.11 Å². The molecule has 0 atom stereocenters. The maximum absolute atomic E-state index is 5.95. The minimum atomic E-state index is 0.231. The topological polar surface area (TPSA) is 52.5 Å². The number of rotatable bonds is 8. The first kappa shape index (κ1) is 37.5. The van der Waals surface area contributed by atoms with Crippen molar-refractivity contribution in [2.75, 3.05) is 47.1 Å². The number of nitrogens with zero attached hydrogens (tertiary/aromatic N) is 2. The third-order valence-corrected chi connectivity index (χ3v) is 6.10. The maximum Gasteiger partial charge on any atom is 0.164 e. The predicted octanol–water partition coefficient (Wildman–Crippen LogP) is 8.16. The van der Waals surface area contributed by atoms with Crippen LogP contribution in [0.2, 0.25) is 0 Å². The zero-order valence-corrected chi connectivity index (χ0v) is 25.8. The van der Waals surface area contributed by atoms with E-state index >= 15 is 0 Å². The van der Waals surface area contributed by atoms with Gasteiger partial charge in [0.1, 0.15) is 11.9 Å². The van der Waals surface area contributed by atoms with Crippen molar-refractivity contribution in [1.29, 1.82) is 0 Å². The van der Waals surface area contributed by atoms with Crippen LogP contribution in [0.5, 0.6) is 11.5 Å². The minimum Gasteiger partial charge on any atom is -0.490 e. The lowest BCUT2D eigenvalue weighted by Gasteiger charge is -2.28. The molecule has 2 aliphatic heterocycles. The molecule has 2 heterocycles. The van der Waals surface area contributed by atoms with Gasteiger partial charge in [0.05, 0.1) is 13.2 Å². The molecule has 218 valence electrons. The molecule has 1 aromatic rings. The second-order valence-electron chi connectivity index (χ2n) is 9.23. The molecular formula is C31H60N2O4. The van der Waals surface area contributed by atoms with E-state index in [-0.39, 0.29) is 6.10 Å². The summed E-state index contributed by atoms with van der Waals surface area (Å²) in [6.07, 6.45) is 10.00. The van der Waals surface area contributed by atoms with Gasteiger partial charge in [-0.1, -0.05) is 78.4 Å². The van der Waals surface area contributed by atoms with Crippen molar-refractivity contribution in [2.24, 2.45) is 11.1 Å². The lowest BCUT2D eigenvalue weighted by molar-refractivity contribution is 0.0252. The van der Waals surface area contributed by atoms with Crippen LogP contribution in [0, 0.1) is 12.8 Å². The van der Waals surface area contributed by atoms with Crippen molar-refractivity contribution < 1.29 is 19.0 Å². The Bertz CT molecular complexity index is 605. The van der Waals surface area contributed by atoms with Gasteiger partial charge in [0.25, 0.3) is 0 Å². The molecule has 2 fully saturated rings. The Morgan fingerprint density at radius 2 is 1.43 bits per heavy atom. The van der Waals surface area contributed by atoms with Crippen molar-refractivity contribution >= 4 is 6.72 Å². The number of piperidine rings is 1. The van der Waals surface area contributed by atoms with Crippen LogP contribution in [0.3, 0.4) is 0 Å². The lowest BCUT2D eigenvalue weighted by Crippen LogP contribution is -2.31. The fourth-order valence-corrected chi connectivity index (χ4v) is 3.33. The number of hydrogen-bond acceptors (Lipinski definition) is 6. The second-order valence-corrected chi connectivity index (χ2v) is 9.23. The van der Waals surface area contributed by atoms with E-state index in [9.17, 15) is 0 Å². The second kappa shape index (κ2) is 27.4. The number of likely N-dealkylation sites (tertiary alicyclic amines) is 1. The maximum atomic E-state index is 5.95. The highest BCUT2D eigenvalue weighted by Gasteiger charge is 2.17. The van der Waals surface area contributed by atoms with Crippen LogP contribution in [-0.4, -0.2) is 64.8 Å². The van der Waals surface area contributed by atoms with Gasteiger partial charge in [0, 0.05) is 38.8 Å². The number of benzene rings is 1. The Morgan fingerprint density at radius 1 is 0.919 bits per heavy atom. The highest BCUT2D eigenvalue weighted by molar-refractivity contribution is 5.44. The van der Waals surface area contributed by atoms with E-state index in [1.165, 1.54) is 51.6 Å². The zero-order chi connectivity index (χ0) is 28.3. The summed E-state index contributed by atoms with van der Waals surface area (Å²) in [5, 5.41) is 3.43. The molecule has 0 N–H and O–H groups in total. The molecule has 0 amide bonds. The predicted molar refractivity (Wildman–Crippen MR) is 160 cm³/mol. The first-order chi connectivity index (χ1) is 18.0. The molecule has 6 nitrogen and oxygen atoms in total. The van der Waals surface area contributed by atoms with Gasteiger partial charge in [-0.25, -0.2) is 0 Å². The molecule has 0 unspecified atom stereocenters. The van der Waals surface area contributed by atoms with Crippen LogP contribution in [0.15, 0.2) is 23.4 Å². The Labute approximate surface area is 230 Å². The van der Waals surface area contributed by atoms with E-state index < -0.39 is 0 Å². The average Bonchev–Trinajstić information content (AvgIpc) is 2.95. The van der Waals surface area contributed by atoms with Crippen LogP contribution < -0.4 is 9.57 Å². The first-order valence-corrected chi connectivity index (χ1v) is 14.6. The SMILES string of the molecule is C=NOc1cccc(OC2CCOCC2)c1C.CC.CCCC.CCCC.COCC1CCN(C)CC1. The molecule has 1 aromatic carbocycles. The van der Waals surface area contributed by atoms with Gasteiger partial charge < -0.3 is 23.9 Å². The first-order valence-electron chi connectivity index (χ1n) is 14.6. The van der Waals surface area contributed by atoms with Crippen molar-refractivity contribution in [3.05, 3.63) is 23.8 Å². The normalized spacial score (nSPS) is 15.7. The summed E-state index contributed by atoms with van der Waals surface area (Å²) in [6.45, 7) is 23.0. The highest BCUT2D eigenvalue weighted by Crippen LogP contribution is 2.29. The largest absolute Gasteiger partial charge is 0.490 e. The van der Waals surface area contributed by atoms with Crippen LogP contribution in [0.1, 0.15) is 98.5 Å². The standard InChI is InChI=1S/C13H17NO3.C8H17NO.2C4H10.C2H6/c1-10-12(4-3-5-13(10)17-14-2)16-11-6-8-15-9-7-11;1-9-5-3-8(4-6-9)7-10-2;2*1-3-4-2;1-2/h3-5,11H,2,6-9H2,1H3;8H,3-7H2,1-2H3;2*3-4H2,1-2H3;1-2H3. The molecule has 0 saturated carbocycles. The monoisotopic (exact) mass is 524 g/mol. The average molecular weight is 525 g/mol. The zero-order valence-electron chi connectivity index (χ0n) is 25.8. The molecule has 0 bridgehead atoms. The Morgan fingerprint density at radius 3 is 1.89 bits per heavy atom. The van der Waals surface area contributed by atoms with Crippen molar-refractivity contribution in [1.82, 2.24) is 4.90 Å². The van der Waals surface area contributed by atoms with E-state index in [4.69, 9.17) is 19.0 Å². The van der Waals surface area contributed by atoms with Crippen LogP contribution >= 0.6 is 0 Å². The molecule has 0 aromatic heterocycles. The number of methoxy groups -OCH3 is 1. The number of hydrogen-bond donors (Lipinski definition) is 0. The van der Waals surface area contributed by atoms with E-state index in [2.05, 4.69) is 51.5 Å². The van der Waals surface area contributed by atoms with E-state index in [1.807, 2.05) is 39.0 Å². The van der Waals surface area contributed by atoms with Gasteiger partial charge in [-0.2, -0.15) is 0 Å². The Kier molecular flexibility index (Phi) is 27.8. The lowest BCUT2D eigenvalue weighted by atomic mass is 9.98. The van der Waals surface area contributed by atoms with Gasteiger partial charge in [-0.05, 0) is 58.0 Å². The van der Waals surface area contributed by atoms with Gasteiger partial charge in [-0.3, -0.25) is 0 Å². The molecule has 37 heavy (non-hydrogen) atoms. The van der Waals surface area contributed by atoms with Gasteiger partial charge >= 0.3 is 0 Å².